The molecule has 0 bridgehead atoms. The van der Waals surface area contributed by atoms with Gasteiger partial charge in [0, 0.05) is 19.6 Å². The van der Waals surface area contributed by atoms with Gasteiger partial charge in [0.1, 0.15) is 5.82 Å². The van der Waals surface area contributed by atoms with Crippen LogP contribution in [0.5, 0.6) is 0 Å². The molecule has 5 heteroatoms. The van der Waals surface area contributed by atoms with E-state index in [1.165, 1.54) is 6.07 Å². The highest BCUT2D eigenvalue weighted by Gasteiger charge is 2.27. The van der Waals surface area contributed by atoms with Gasteiger partial charge in [-0.3, -0.25) is 9.69 Å². The Morgan fingerprint density at radius 3 is 2.86 bits per heavy atom. The Hall–Kier alpha value is -1.46. The summed E-state index contributed by atoms with van der Waals surface area (Å²) in [5.74, 6) is 0.326. The summed E-state index contributed by atoms with van der Waals surface area (Å²) in [6.45, 7) is 4.86. The van der Waals surface area contributed by atoms with Gasteiger partial charge in [0.2, 0.25) is 5.91 Å². The van der Waals surface area contributed by atoms with Gasteiger partial charge in [-0.1, -0.05) is 12.1 Å². The number of benzene rings is 1. The number of hydrogen-bond acceptors (Lipinski definition) is 3. The first-order valence-electron chi connectivity index (χ1n) is 7.56. The van der Waals surface area contributed by atoms with Gasteiger partial charge in [0.15, 0.2) is 0 Å². The standard InChI is InChI=1S/C16H21FN2O2/c17-15-3-1-2-13(10-15)14-4-5-18(11-14)12-16(20)19-6-8-21-9-7-19/h1-3,10,14H,4-9,11-12H2. The van der Waals surface area contributed by atoms with Crippen LogP contribution >= 0.6 is 0 Å². The van der Waals surface area contributed by atoms with Crippen molar-refractivity contribution in [2.24, 2.45) is 0 Å². The Kier molecular flexibility index (Phi) is 4.51. The number of carbonyl (C=O) groups is 1. The molecule has 1 unspecified atom stereocenters. The molecule has 1 aromatic rings. The second kappa shape index (κ2) is 6.54. The Morgan fingerprint density at radius 1 is 1.29 bits per heavy atom. The van der Waals surface area contributed by atoms with Crippen LogP contribution in [0.3, 0.4) is 0 Å². The van der Waals surface area contributed by atoms with E-state index in [0.29, 0.717) is 38.8 Å². The van der Waals surface area contributed by atoms with Crippen LogP contribution in [0.1, 0.15) is 17.9 Å². The molecular weight excluding hydrogens is 271 g/mol. The maximum Gasteiger partial charge on any atom is 0.236 e. The van der Waals surface area contributed by atoms with E-state index in [9.17, 15) is 9.18 Å². The molecule has 2 heterocycles. The lowest BCUT2D eigenvalue weighted by atomic mass is 9.98. The quantitative estimate of drug-likeness (QED) is 0.846. The molecule has 0 aliphatic carbocycles. The predicted octanol–water partition coefficient (Wildman–Crippen LogP) is 1.47. The van der Waals surface area contributed by atoms with Crippen LogP contribution in [-0.4, -0.2) is 61.6 Å². The number of halogens is 1. The molecular formula is C16H21FN2O2. The Bertz CT molecular complexity index is 503. The molecule has 0 spiro atoms. The minimum atomic E-state index is -0.185. The minimum absolute atomic E-state index is 0.179. The summed E-state index contributed by atoms with van der Waals surface area (Å²) >= 11 is 0. The summed E-state index contributed by atoms with van der Waals surface area (Å²) in [6.07, 6.45) is 0.986. The summed E-state index contributed by atoms with van der Waals surface area (Å²) in [5, 5.41) is 0. The van der Waals surface area contributed by atoms with Crippen molar-refractivity contribution in [2.75, 3.05) is 45.9 Å². The zero-order valence-corrected chi connectivity index (χ0v) is 12.1. The first-order valence-corrected chi connectivity index (χ1v) is 7.56. The molecule has 4 nitrogen and oxygen atoms in total. The van der Waals surface area contributed by atoms with E-state index < -0.39 is 0 Å². The molecule has 1 aromatic carbocycles. The second-order valence-electron chi connectivity index (χ2n) is 5.77. The molecule has 0 N–H and O–H groups in total. The molecule has 0 radical (unpaired) electrons. The molecule has 0 aromatic heterocycles. The highest BCUT2D eigenvalue weighted by Crippen LogP contribution is 2.27. The molecule has 2 aliphatic rings. The Morgan fingerprint density at radius 2 is 2.10 bits per heavy atom. The summed E-state index contributed by atoms with van der Waals surface area (Å²) in [4.78, 5) is 16.3. The normalized spacial score (nSPS) is 23.5. The van der Waals surface area contributed by atoms with Gasteiger partial charge in [-0.2, -0.15) is 0 Å². The predicted molar refractivity (Wildman–Crippen MR) is 77.6 cm³/mol. The van der Waals surface area contributed by atoms with Crippen molar-refractivity contribution in [1.82, 2.24) is 9.80 Å². The Balaban J connectivity index is 1.53. The van der Waals surface area contributed by atoms with Gasteiger partial charge in [0.05, 0.1) is 19.8 Å². The lowest BCUT2D eigenvalue weighted by Crippen LogP contribution is -2.45. The maximum atomic E-state index is 13.3. The first-order chi connectivity index (χ1) is 10.2. The number of morpholine rings is 1. The van der Waals surface area contributed by atoms with E-state index in [1.54, 1.807) is 12.1 Å². The molecule has 2 aliphatic heterocycles. The highest BCUT2D eigenvalue weighted by atomic mass is 19.1. The van der Waals surface area contributed by atoms with Gasteiger partial charge < -0.3 is 9.64 Å². The Labute approximate surface area is 124 Å². The average molecular weight is 292 g/mol. The zero-order valence-electron chi connectivity index (χ0n) is 12.1. The van der Waals surface area contributed by atoms with Crippen molar-refractivity contribution >= 4 is 5.91 Å². The fraction of sp³-hybridized carbons (Fsp3) is 0.562. The van der Waals surface area contributed by atoms with Gasteiger partial charge in [0.25, 0.3) is 0 Å². The largest absolute Gasteiger partial charge is 0.378 e. The van der Waals surface area contributed by atoms with E-state index in [4.69, 9.17) is 4.74 Å². The zero-order chi connectivity index (χ0) is 14.7. The molecule has 1 amide bonds. The fourth-order valence-corrected chi connectivity index (χ4v) is 3.11. The van der Waals surface area contributed by atoms with Gasteiger partial charge in [-0.25, -0.2) is 4.39 Å². The van der Waals surface area contributed by atoms with E-state index in [0.717, 1.165) is 25.1 Å². The SMILES string of the molecule is O=C(CN1CCC(c2cccc(F)c2)C1)N1CCOCC1. The van der Waals surface area contributed by atoms with Crippen molar-refractivity contribution < 1.29 is 13.9 Å². The number of ether oxygens (including phenoxy) is 1. The van der Waals surface area contributed by atoms with E-state index in [-0.39, 0.29) is 11.7 Å². The number of amides is 1. The molecule has 114 valence electrons. The van der Waals surface area contributed by atoms with Crippen LogP contribution in [0.25, 0.3) is 0 Å². The third-order valence-electron chi connectivity index (χ3n) is 4.32. The summed E-state index contributed by atoms with van der Waals surface area (Å²) in [7, 11) is 0. The van der Waals surface area contributed by atoms with Crippen LogP contribution in [0.2, 0.25) is 0 Å². The van der Waals surface area contributed by atoms with Gasteiger partial charge >= 0.3 is 0 Å². The smallest absolute Gasteiger partial charge is 0.236 e. The van der Waals surface area contributed by atoms with Crippen molar-refractivity contribution in [2.45, 2.75) is 12.3 Å². The average Bonchev–Trinajstić information content (AvgIpc) is 2.97. The molecule has 2 fully saturated rings. The number of rotatable bonds is 3. The first kappa shape index (κ1) is 14.5. The van der Waals surface area contributed by atoms with Gasteiger partial charge in [-0.15, -0.1) is 0 Å². The molecule has 1 atom stereocenters. The van der Waals surface area contributed by atoms with Crippen molar-refractivity contribution in [3.05, 3.63) is 35.6 Å². The monoisotopic (exact) mass is 292 g/mol. The minimum Gasteiger partial charge on any atom is -0.378 e. The van der Waals surface area contributed by atoms with E-state index >= 15 is 0 Å². The lowest BCUT2D eigenvalue weighted by molar-refractivity contribution is -0.136. The highest BCUT2D eigenvalue weighted by molar-refractivity contribution is 5.78. The van der Waals surface area contributed by atoms with Crippen LogP contribution in [0, 0.1) is 5.82 Å². The van der Waals surface area contributed by atoms with Gasteiger partial charge in [-0.05, 0) is 36.6 Å². The second-order valence-corrected chi connectivity index (χ2v) is 5.77. The fourth-order valence-electron chi connectivity index (χ4n) is 3.11. The molecule has 3 rings (SSSR count). The number of likely N-dealkylation sites (tertiary alicyclic amines) is 1. The molecule has 2 saturated heterocycles. The molecule has 21 heavy (non-hydrogen) atoms. The maximum absolute atomic E-state index is 13.3. The summed E-state index contributed by atoms with van der Waals surface area (Å²) < 4.78 is 18.5. The van der Waals surface area contributed by atoms with Crippen LogP contribution in [0.4, 0.5) is 4.39 Å². The third kappa shape index (κ3) is 3.60. The summed E-state index contributed by atoms with van der Waals surface area (Å²) in [6, 6.07) is 6.81. The third-order valence-corrected chi connectivity index (χ3v) is 4.32. The van der Waals surface area contributed by atoms with Crippen molar-refractivity contribution in [3.63, 3.8) is 0 Å². The number of hydrogen-bond donors (Lipinski definition) is 0. The van der Waals surface area contributed by atoms with E-state index in [1.807, 2.05) is 11.0 Å². The van der Waals surface area contributed by atoms with Crippen LogP contribution in [0.15, 0.2) is 24.3 Å². The molecule has 0 saturated carbocycles. The van der Waals surface area contributed by atoms with Crippen LogP contribution in [-0.2, 0) is 9.53 Å². The lowest BCUT2D eigenvalue weighted by Gasteiger charge is -2.28. The van der Waals surface area contributed by atoms with Crippen LogP contribution < -0.4 is 0 Å². The van der Waals surface area contributed by atoms with Crippen molar-refractivity contribution in [3.8, 4) is 0 Å². The number of carbonyl (C=O) groups excluding carboxylic acids is 1. The number of nitrogens with zero attached hydrogens (tertiary/aromatic N) is 2. The summed E-state index contributed by atoms with van der Waals surface area (Å²) in [5.41, 5.74) is 1.04. The topological polar surface area (TPSA) is 32.8 Å². The van der Waals surface area contributed by atoms with Crippen molar-refractivity contribution in [1.29, 1.82) is 0 Å². The van der Waals surface area contributed by atoms with E-state index in [2.05, 4.69) is 4.90 Å².